The van der Waals surface area contributed by atoms with Gasteiger partial charge in [0.05, 0.1) is 15.5 Å². The number of carbonyl (C=O) groups excluding carboxylic acids is 2. The van der Waals surface area contributed by atoms with Crippen molar-refractivity contribution in [2.75, 3.05) is 5.32 Å². The maximum absolute atomic E-state index is 12.2. The molecule has 9 heteroatoms. The summed E-state index contributed by atoms with van der Waals surface area (Å²) in [4.78, 5) is 24.2. The molecule has 0 aliphatic rings. The maximum atomic E-state index is 12.2. The second-order valence-electron chi connectivity index (χ2n) is 5.24. The molecule has 132 valence electrons. The summed E-state index contributed by atoms with van der Waals surface area (Å²) >= 11 is 5.94. The molecule has 0 radical (unpaired) electrons. The third-order valence-electron chi connectivity index (χ3n) is 3.29. The van der Waals surface area contributed by atoms with Crippen molar-refractivity contribution in [1.82, 2.24) is 5.32 Å². The highest BCUT2D eigenvalue weighted by atomic mass is 35.5. The van der Waals surface area contributed by atoms with Crippen LogP contribution in [0, 0.1) is 0 Å². The SMILES string of the molecule is C[C@H](NC(=O)c1ccccc1Cl)C(=O)Nc1cccc(S(N)(=O)=O)c1. The van der Waals surface area contributed by atoms with Gasteiger partial charge in [-0.05, 0) is 37.3 Å². The van der Waals surface area contributed by atoms with E-state index in [0.717, 1.165) is 0 Å². The standard InChI is InChI=1S/C16H16ClN3O4S/c1-10(19-16(22)13-7-2-3-8-14(13)17)15(21)20-11-5-4-6-12(9-11)25(18,23)24/h2-10H,1H3,(H,19,22)(H,20,21)(H2,18,23,24)/t10-/m0/s1. The van der Waals surface area contributed by atoms with E-state index in [9.17, 15) is 18.0 Å². The second-order valence-corrected chi connectivity index (χ2v) is 7.21. The van der Waals surface area contributed by atoms with E-state index in [0.29, 0.717) is 0 Å². The van der Waals surface area contributed by atoms with E-state index in [-0.39, 0.29) is 21.2 Å². The first kappa shape index (κ1) is 18.9. The van der Waals surface area contributed by atoms with Crippen LogP contribution in [0.3, 0.4) is 0 Å². The Bertz CT molecular complexity index is 915. The fourth-order valence-electron chi connectivity index (χ4n) is 1.99. The van der Waals surface area contributed by atoms with E-state index in [4.69, 9.17) is 16.7 Å². The number of carbonyl (C=O) groups is 2. The lowest BCUT2D eigenvalue weighted by Gasteiger charge is -2.15. The Morgan fingerprint density at radius 3 is 2.44 bits per heavy atom. The first-order valence-corrected chi connectivity index (χ1v) is 9.10. The Morgan fingerprint density at radius 2 is 1.80 bits per heavy atom. The highest BCUT2D eigenvalue weighted by molar-refractivity contribution is 7.89. The van der Waals surface area contributed by atoms with Crippen LogP contribution in [0.25, 0.3) is 0 Å². The predicted octanol–water partition coefficient (Wildman–Crippen LogP) is 1.74. The fourth-order valence-corrected chi connectivity index (χ4v) is 2.77. The molecular formula is C16H16ClN3O4S. The van der Waals surface area contributed by atoms with Gasteiger partial charge in [-0.25, -0.2) is 13.6 Å². The smallest absolute Gasteiger partial charge is 0.253 e. The number of sulfonamides is 1. The quantitative estimate of drug-likeness (QED) is 0.730. The van der Waals surface area contributed by atoms with Gasteiger partial charge in [-0.2, -0.15) is 0 Å². The molecule has 0 unspecified atom stereocenters. The van der Waals surface area contributed by atoms with Gasteiger partial charge in [0.2, 0.25) is 15.9 Å². The fraction of sp³-hybridized carbons (Fsp3) is 0.125. The third kappa shape index (κ3) is 5.02. The summed E-state index contributed by atoms with van der Waals surface area (Å²) in [6.45, 7) is 1.49. The summed E-state index contributed by atoms with van der Waals surface area (Å²) in [5, 5.41) is 10.4. The number of hydrogen-bond donors (Lipinski definition) is 3. The summed E-state index contributed by atoms with van der Waals surface area (Å²) in [7, 11) is -3.88. The maximum Gasteiger partial charge on any atom is 0.253 e. The lowest BCUT2D eigenvalue weighted by Crippen LogP contribution is -2.41. The zero-order valence-electron chi connectivity index (χ0n) is 13.2. The van der Waals surface area contributed by atoms with Crippen LogP contribution >= 0.6 is 11.6 Å². The normalized spacial score (nSPS) is 12.3. The molecule has 0 bridgehead atoms. The molecule has 0 heterocycles. The molecule has 25 heavy (non-hydrogen) atoms. The number of benzene rings is 2. The van der Waals surface area contributed by atoms with Gasteiger partial charge < -0.3 is 10.6 Å². The zero-order valence-corrected chi connectivity index (χ0v) is 14.8. The van der Waals surface area contributed by atoms with Gasteiger partial charge in [0.1, 0.15) is 6.04 Å². The minimum absolute atomic E-state index is 0.127. The van der Waals surface area contributed by atoms with Crippen molar-refractivity contribution in [1.29, 1.82) is 0 Å². The van der Waals surface area contributed by atoms with Gasteiger partial charge in [0.25, 0.3) is 5.91 Å². The van der Waals surface area contributed by atoms with Crippen molar-refractivity contribution >= 4 is 39.1 Å². The number of amides is 2. The van der Waals surface area contributed by atoms with Gasteiger partial charge in [0, 0.05) is 5.69 Å². The van der Waals surface area contributed by atoms with Crippen molar-refractivity contribution in [2.45, 2.75) is 17.9 Å². The molecule has 0 spiro atoms. The highest BCUT2D eigenvalue weighted by Crippen LogP contribution is 2.16. The second kappa shape index (κ2) is 7.64. The van der Waals surface area contributed by atoms with Crippen LogP contribution in [0.15, 0.2) is 53.4 Å². The number of rotatable bonds is 5. The molecule has 0 fully saturated rings. The van der Waals surface area contributed by atoms with Crippen molar-refractivity contribution in [2.24, 2.45) is 5.14 Å². The van der Waals surface area contributed by atoms with Crippen LogP contribution in [0.1, 0.15) is 17.3 Å². The third-order valence-corrected chi connectivity index (χ3v) is 4.53. The van der Waals surface area contributed by atoms with Crippen molar-refractivity contribution in [3.63, 3.8) is 0 Å². The molecule has 0 aliphatic carbocycles. The number of nitrogens with two attached hydrogens (primary N) is 1. The first-order valence-electron chi connectivity index (χ1n) is 7.17. The largest absolute Gasteiger partial charge is 0.340 e. The van der Waals surface area contributed by atoms with Gasteiger partial charge in [0.15, 0.2) is 0 Å². The Morgan fingerprint density at radius 1 is 1.12 bits per heavy atom. The van der Waals surface area contributed by atoms with Gasteiger partial charge in [-0.1, -0.05) is 29.8 Å². The molecule has 2 aromatic carbocycles. The van der Waals surface area contributed by atoms with E-state index < -0.39 is 27.9 Å². The van der Waals surface area contributed by atoms with E-state index in [1.807, 2.05) is 0 Å². The van der Waals surface area contributed by atoms with E-state index in [1.54, 1.807) is 18.2 Å². The summed E-state index contributed by atoms with van der Waals surface area (Å²) in [5.41, 5.74) is 0.496. The molecule has 1 atom stereocenters. The molecule has 0 saturated heterocycles. The number of nitrogens with one attached hydrogen (secondary N) is 2. The van der Waals surface area contributed by atoms with E-state index >= 15 is 0 Å². The van der Waals surface area contributed by atoms with E-state index in [1.165, 1.54) is 37.3 Å². The van der Waals surface area contributed by atoms with Crippen LogP contribution in [0.4, 0.5) is 5.69 Å². The van der Waals surface area contributed by atoms with Crippen molar-refractivity contribution < 1.29 is 18.0 Å². The topological polar surface area (TPSA) is 118 Å². The van der Waals surface area contributed by atoms with Crippen LogP contribution in [-0.4, -0.2) is 26.3 Å². The number of halogens is 1. The van der Waals surface area contributed by atoms with Crippen molar-refractivity contribution in [3.05, 3.63) is 59.1 Å². The Hall–Kier alpha value is -2.42. The summed E-state index contributed by atoms with van der Waals surface area (Å²) in [6.07, 6.45) is 0. The summed E-state index contributed by atoms with van der Waals surface area (Å²) in [5.74, 6) is -1.02. The number of primary sulfonamides is 1. The van der Waals surface area contributed by atoms with Gasteiger partial charge in [-0.3, -0.25) is 9.59 Å². The van der Waals surface area contributed by atoms with Crippen LogP contribution < -0.4 is 15.8 Å². The molecule has 7 nitrogen and oxygen atoms in total. The first-order chi connectivity index (χ1) is 11.7. The van der Waals surface area contributed by atoms with Crippen molar-refractivity contribution in [3.8, 4) is 0 Å². The molecular weight excluding hydrogens is 366 g/mol. The summed E-state index contributed by atoms with van der Waals surface area (Å²) in [6, 6.07) is 11.1. The van der Waals surface area contributed by atoms with Gasteiger partial charge >= 0.3 is 0 Å². The molecule has 2 amide bonds. The molecule has 2 rings (SSSR count). The number of anilines is 1. The molecule has 0 aliphatic heterocycles. The highest BCUT2D eigenvalue weighted by Gasteiger charge is 2.18. The van der Waals surface area contributed by atoms with E-state index in [2.05, 4.69) is 10.6 Å². The Kier molecular flexibility index (Phi) is 5.78. The van der Waals surface area contributed by atoms with Crippen LogP contribution in [0.2, 0.25) is 5.02 Å². The van der Waals surface area contributed by atoms with Crippen LogP contribution in [-0.2, 0) is 14.8 Å². The average Bonchev–Trinajstić information content (AvgIpc) is 2.54. The Labute approximate surface area is 150 Å². The lowest BCUT2D eigenvalue weighted by molar-refractivity contribution is -0.117. The molecule has 0 aromatic heterocycles. The zero-order chi connectivity index (χ0) is 18.6. The predicted molar refractivity (Wildman–Crippen MR) is 94.8 cm³/mol. The van der Waals surface area contributed by atoms with Gasteiger partial charge in [-0.15, -0.1) is 0 Å². The minimum atomic E-state index is -3.88. The Balaban J connectivity index is 2.06. The minimum Gasteiger partial charge on any atom is -0.340 e. The monoisotopic (exact) mass is 381 g/mol. The molecule has 0 saturated carbocycles. The number of hydrogen-bond acceptors (Lipinski definition) is 4. The average molecular weight is 382 g/mol. The molecule has 4 N–H and O–H groups in total. The summed E-state index contributed by atoms with van der Waals surface area (Å²) < 4.78 is 22.7. The lowest BCUT2D eigenvalue weighted by atomic mass is 10.2. The van der Waals surface area contributed by atoms with Crippen LogP contribution in [0.5, 0.6) is 0 Å². The molecule has 2 aromatic rings.